The topological polar surface area (TPSA) is 47.4 Å². The third kappa shape index (κ3) is 4.17. The number of aryl methyl sites for hydroxylation is 1. The van der Waals surface area contributed by atoms with Crippen molar-refractivity contribution < 1.29 is 9.13 Å². The number of nitrogens with zero attached hydrogens (tertiary/aromatic N) is 3. The van der Waals surface area contributed by atoms with Gasteiger partial charge in [0, 0.05) is 18.7 Å². The Bertz CT molecular complexity index is 1060. The first-order valence-electron chi connectivity index (χ1n) is 10.2. The minimum atomic E-state index is -0.401. The van der Waals surface area contributed by atoms with Crippen molar-refractivity contribution in [2.75, 3.05) is 19.7 Å². The predicted octanol–water partition coefficient (Wildman–Crippen LogP) is 4.09. The van der Waals surface area contributed by atoms with Crippen LogP contribution < -0.4 is 10.3 Å². The van der Waals surface area contributed by atoms with Crippen molar-refractivity contribution in [1.82, 2.24) is 14.5 Å². The Morgan fingerprint density at radius 2 is 2.00 bits per heavy atom. The molecule has 1 fully saturated rings. The maximum Gasteiger partial charge on any atom is 0.265 e. The molecule has 29 heavy (non-hydrogen) atoms. The lowest BCUT2D eigenvalue weighted by Gasteiger charge is -2.20. The molecule has 152 valence electrons. The molecule has 4 rings (SSSR count). The van der Waals surface area contributed by atoms with E-state index < -0.39 is 5.82 Å². The van der Waals surface area contributed by atoms with Crippen molar-refractivity contribution >= 4 is 10.9 Å². The van der Waals surface area contributed by atoms with Gasteiger partial charge in [-0.05, 0) is 76.1 Å². The van der Waals surface area contributed by atoms with E-state index in [0.717, 1.165) is 18.7 Å². The number of rotatable bonds is 6. The van der Waals surface area contributed by atoms with Gasteiger partial charge in [0.05, 0.1) is 23.2 Å². The molecular weight excluding hydrogens is 369 g/mol. The SMILES string of the molecule is Cc1nc2cc(F)ccc2c(=O)n1-c1ccc(OCCCN2CCC[C@H]2C)cc1. The lowest BCUT2D eigenvalue weighted by molar-refractivity contribution is 0.230. The summed E-state index contributed by atoms with van der Waals surface area (Å²) in [6.45, 7) is 6.96. The Morgan fingerprint density at radius 3 is 2.72 bits per heavy atom. The molecule has 0 N–H and O–H groups in total. The van der Waals surface area contributed by atoms with Crippen LogP contribution in [0.4, 0.5) is 4.39 Å². The van der Waals surface area contributed by atoms with E-state index in [1.54, 1.807) is 11.5 Å². The molecule has 1 aromatic heterocycles. The first kappa shape index (κ1) is 19.6. The Hall–Kier alpha value is -2.73. The molecule has 1 aliphatic heterocycles. The highest BCUT2D eigenvalue weighted by molar-refractivity contribution is 5.78. The van der Waals surface area contributed by atoms with Gasteiger partial charge >= 0.3 is 0 Å². The van der Waals surface area contributed by atoms with Gasteiger partial charge in [0.1, 0.15) is 17.4 Å². The number of hydrogen-bond donors (Lipinski definition) is 0. The number of benzene rings is 2. The third-order valence-corrected chi connectivity index (χ3v) is 5.64. The Morgan fingerprint density at radius 1 is 1.21 bits per heavy atom. The van der Waals surface area contributed by atoms with Crippen LogP contribution in [-0.4, -0.2) is 40.2 Å². The van der Waals surface area contributed by atoms with Crippen LogP contribution in [0, 0.1) is 12.7 Å². The second-order valence-electron chi connectivity index (χ2n) is 7.68. The molecule has 0 unspecified atom stereocenters. The van der Waals surface area contributed by atoms with Gasteiger partial charge in [0.25, 0.3) is 5.56 Å². The van der Waals surface area contributed by atoms with E-state index in [1.165, 1.54) is 37.6 Å². The third-order valence-electron chi connectivity index (χ3n) is 5.64. The smallest absolute Gasteiger partial charge is 0.265 e. The zero-order valence-corrected chi connectivity index (χ0v) is 16.9. The highest BCUT2D eigenvalue weighted by atomic mass is 19.1. The zero-order valence-electron chi connectivity index (χ0n) is 16.9. The largest absolute Gasteiger partial charge is 0.494 e. The summed E-state index contributed by atoms with van der Waals surface area (Å²) in [5, 5.41) is 0.397. The van der Waals surface area contributed by atoms with E-state index in [9.17, 15) is 9.18 Å². The summed E-state index contributed by atoms with van der Waals surface area (Å²) in [6, 6.07) is 12.2. The average Bonchev–Trinajstić information content (AvgIpc) is 3.11. The highest BCUT2D eigenvalue weighted by Gasteiger charge is 2.19. The number of hydrogen-bond acceptors (Lipinski definition) is 4. The number of aromatic nitrogens is 2. The normalized spacial score (nSPS) is 17.1. The molecular formula is C23H26FN3O2. The second-order valence-corrected chi connectivity index (χ2v) is 7.68. The Kier molecular flexibility index (Phi) is 5.62. The average molecular weight is 395 g/mol. The summed E-state index contributed by atoms with van der Waals surface area (Å²) < 4.78 is 20.8. The highest BCUT2D eigenvalue weighted by Crippen LogP contribution is 2.19. The van der Waals surface area contributed by atoms with Gasteiger partial charge < -0.3 is 9.64 Å². The van der Waals surface area contributed by atoms with Crippen LogP contribution in [0.5, 0.6) is 5.75 Å². The fourth-order valence-electron chi connectivity index (χ4n) is 4.05. The molecule has 1 aliphatic rings. The first-order chi connectivity index (χ1) is 14.0. The van der Waals surface area contributed by atoms with Gasteiger partial charge in [-0.2, -0.15) is 0 Å². The molecule has 6 heteroatoms. The van der Waals surface area contributed by atoms with Gasteiger partial charge in [-0.3, -0.25) is 9.36 Å². The van der Waals surface area contributed by atoms with Crippen LogP contribution in [0.15, 0.2) is 47.3 Å². The number of fused-ring (bicyclic) bond motifs is 1. The van der Waals surface area contributed by atoms with Crippen molar-refractivity contribution in [3.8, 4) is 11.4 Å². The summed E-state index contributed by atoms with van der Waals surface area (Å²) in [5.74, 6) is 0.897. The van der Waals surface area contributed by atoms with E-state index in [4.69, 9.17) is 4.74 Å². The molecule has 1 saturated heterocycles. The minimum absolute atomic E-state index is 0.207. The molecule has 0 spiro atoms. The molecule has 0 bridgehead atoms. The summed E-state index contributed by atoms with van der Waals surface area (Å²) in [6.07, 6.45) is 3.58. The number of likely N-dealkylation sites (tertiary alicyclic amines) is 1. The molecule has 2 aromatic carbocycles. The van der Waals surface area contributed by atoms with Crippen LogP contribution in [0.3, 0.4) is 0 Å². The first-order valence-corrected chi connectivity index (χ1v) is 10.2. The maximum atomic E-state index is 13.4. The van der Waals surface area contributed by atoms with Crippen molar-refractivity contribution in [3.05, 3.63) is 64.5 Å². The van der Waals surface area contributed by atoms with Gasteiger partial charge in [0.2, 0.25) is 0 Å². The molecule has 2 heterocycles. The summed E-state index contributed by atoms with van der Waals surface area (Å²) >= 11 is 0. The quantitative estimate of drug-likeness (QED) is 0.590. The van der Waals surface area contributed by atoms with E-state index in [2.05, 4.69) is 16.8 Å². The summed E-state index contributed by atoms with van der Waals surface area (Å²) in [7, 11) is 0. The summed E-state index contributed by atoms with van der Waals surface area (Å²) in [4.78, 5) is 19.8. The Balaban J connectivity index is 1.45. The fourth-order valence-corrected chi connectivity index (χ4v) is 4.05. The molecule has 0 radical (unpaired) electrons. The summed E-state index contributed by atoms with van der Waals surface area (Å²) in [5.41, 5.74) is 0.876. The van der Waals surface area contributed by atoms with Crippen LogP contribution >= 0.6 is 0 Å². The lowest BCUT2D eigenvalue weighted by atomic mass is 10.2. The van der Waals surface area contributed by atoms with Crippen molar-refractivity contribution in [1.29, 1.82) is 0 Å². The molecule has 0 aliphatic carbocycles. The van der Waals surface area contributed by atoms with Crippen LogP contribution in [0.1, 0.15) is 32.0 Å². The zero-order chi connectivity index (χ0) is 20.4. The van der Waals surface area contributed by atoms with Crippen molar-refractivity contribution in [2.45, 2.75) is 39.2 Å². The van der Waals surface area contributed by atoms with Crippen molar-refractivity contribution in [2.24, 2.45) is 0 Å². The fraction of sp³-hybridized carbons (Fsp3) is 0.391. The molecule has 1 atom stereocenters. The number of halogens is 1. The van der Waals surface area contributed by atoms with Gasteiger partial charge in [-0.15, -0.1) is 0 Å². The predicted molar refractivity (Wildman–Crippen MR) is 112 cm³/mol. The molecule has 0 amide bonds. The van der Waals surface area contributed by atoms with E-state index in [0.29, 0.717) is 35.1 Å². The minimum Gasteiger partial charge on any atom is -0.494 e. The van der Waals surface area contributed by atoms with E-state index in [-0.39, 0.29) is 5.56 Å². The maximum absolute atomic E-state index is 13.4. The second kappa shape index (κ2) is 8.33. The van der Waals surface area contributed by atoms with E-state index in [1.807, 2.05) is 24.3 Å². The van der Waals surface area contributed by atoms with Crippen LogP contribution in [-0.2, 0) is 0 Å². The van der Waals surface area contributed by atoms with Gasteiger partial charge in [0.15, 0.2) is 0 Å². The monoisotopic (exact) mass is 395 g/mol. The molecule has 3 aromatic rings. The molecule has 0 saturated carbocycles. The van der Waals surface area contributed by atoms with Crippen LogP contribution in [0.25, 0.3) is 16.6 Å². The van der Waals surface area contributed by atoms with E-state index >= 15 is 0 Å². The number of ether oxygens (including phenoxy) is 1. The Labute approximate surface area is 169 Å². The van der Waals surface area contributed by atoms with Gasteiger partial charge in [-0.25, -0.2) is 9.37 Å². The van der Waals surface area contributed by atoms with Crippen molar-refractivity contribution in [3.63, 3.8) is 0 Å². The lowest BCUT2D eigenvalue weighted by Crippen LogP contribution is -2.28. The van der Waals surface area contributed by atoms with Crippen LogP contribution in [0.2, 0.25) is 0 Å². The van der Waals surface area contributed by atoms with Gasteiger partial charge in [-0.1, -0.05) is 0 Å². The molecule has 5 nitrogen and oxygen atoms in total. The standard InChI is InChI=1S/C23H26FN3O2/c1-16-5-3-12-26(16)13-4-14-29-20-9-7-19(8-10-20)27-17(2)25-22-15-18(24)6-11-21(22)23(27)28/h6-11,15-16H,3-5,12-14H2,1-2H3/t16-/m1/s1.